The molecule has 0 fully saturated rings. The van der Waals surface area contributed by atoms with Crippen LogP contribution in [0.2, 0.25) is 0 Å². The summed E-state index contributed by atoms with van der Waals surface area (Å²) in [5.41, 5.74) is -0.373. The molecule has 0 aromatic heterocycles. The molecule has 0 spiro atoms. The molecule has 0 aliphatic carbocycles. The van der Waals surface area contributed by atoms with Crippen LogP contribution in [0.1, 0.15) is 0 Å². The summed E-state index contributed by atoms with van der Waals surface area (Å²) in [6, 6.07) is 1.79. The molecule has 0 aliphatic rings. The van der Waals surface area contributed by atoms with E-state index in [1.54, 1.807) is 0 Å². The number of benzene rings is 1. The van der Waals surface area contributed by atoms with Gasteiger partial charge in [0, 0.05) is 6.07 Å². The summed E-state index contributed by atoms with van der Waals surface area (Å²) in [4.78, 5) is 9.61. The van der Waals surface area contributed by atoms with Crippen LogP contribution < -0.4 is 4.74 Å². The van der Waals surface area contributed by atoms with Crippen molar-refractivity contribution in [3.8, 4) is 5.75 Å². The number of halogens is 3. The van der Waals surface area contributed by atoms with Crippen LogP contribution in [-0.4, -0.2) is 11.8 Å². The van der Waals surface area contributed by atoms with E-state index in [2.05, 4.69) is 20.7 Å². The first-order chi connectivity index (χ1) is 6.56. The Hall–Kier alpha value is -1.24. The van der Waals surface area contributed by atoms with Gasteiger partial charge in [-0.25, -0.2) is 8.78 Å². The van der Waals surface area contributed by atoms with Crippen molar-refractivity contribution in [2.45, 2.75) is 0 Å². The number of rotatable bonds is 3. The first-order valence-corrected chi connectivity index (χ1v) is 4.17. The van der Waals surface area contributed by atoms with Crippen LogP contribution in [0.25, 0.3) is 0 Å². The van der Waals surface area contributed by atoms with E-state index in [0.29, 0.717) is 0 Å². The van der Waals surface area contributed by atoms with E-state index in [1.807, 2.05) is 0 Å². The number of nitrogens with zero attached hydrogens (tertiary/aromatic N) is 1. The molecule has 1 aromatic rings. The average Bonchev–Trinajstić information content (AvgIpc) is 2.12. The maximum atomic E-state index is 13.1. The zero-order chi connectivity index (χ0) is 10.7. The van der Waals surface area contributed by atoms with Gasteiger partial charge in [0.05, 0.1) is 15.5 Å². The molecule has 0 aliphatic heterocycles. The van der Waals surface area contributed by atoms with Crippen molar-refractivity contribution >= 4 is 21.6 Å². The molecule has 1 aromatic carbocycles. The first kappa shape index (κ1) is 10.8. The Morgan fingerprint density at radius 3 is 2.71 bits per heavy atom. The molecule has 0 saturated heterocycles. The molecule has 4 nitrogen and oxygen atoms in total. The molecule has 14 heavy (non-hydrogen) atoms. The number of ether oxygens (including phenoxy) is 1. The van der Waals surface area contributed by atoms with Gasteiger partial charge in [-0.2, -0.15) is 0 Å². The standard InChI is InChI=1S/C7H4BrF2NO3/c8-5-1-4(11(12)13)2-6(7(5)10)14-3-9/h1-2H,3H2. The fraction of sp³-hybridized carbons (Fsp3) is 0.143. The quantitative estimate of drug-likeness (QED) is 0.625. The molecule has 0 saturated carbocycles. The number of non-ortho nitro benzene ring substituents is 1. The van der Waals surface area contributed by atoms with E-state index in [9.17, 15) is 18.9 Å². The van der Waals surface area contributed by atoms with E-state index >= 15 is 0 Å². The third kappa shape index (κ3) is 2.16. The molecule has 1 rings (SSSR count). The van der Waals surface area contributed by atoms with Crippen LogP contribution in [0.3, 0.4) is 0 Å². The number of nitro benzene ring substituents is 1. The summed E-state index contributed by atoms with van der Waals surface area (Å²) in [5, 5.41) is 10.3. The molecular formula is C7H4BrF2NO3. The summed E-state index contributed by atoms with van der Waals surface area (Å²) >= 11 is 2.75. The van der Waals surface area contributed by atoms with Gasteiger partial charge in [0.2, 0.25) is 6.86 Å². The average molecular weight is 268 g/mol. The van der Waals surface area contributed by atoms with E-state index in [-0.39, 0.29) is 10.2 Å². The molecule has 0 bridgehead atoms. The Kier molecular flexibility index (Phi) is 3.34. The highest BCUT2D eigenvalue weighted by Gasteiger charge is 2.16. The lowest BCUT2D eigenvalue weighted by Crippen LogP contribution is -1.96. The predicted octanol–water partition coefficient (Wildman–Crippen LogP) is 2.80. The van der Waals surface area contributed by atoms with Gasteiger partial charge in [0.1, 0.15) is 0 Å². The molecule has 7 heteroatoms. The van der Waals surface area contributed by atoms with Gasteiger partial charge < -0.3 is 4.74 Å². The monoisotopic (exact) mass is 267 g/mol. The zero-order valence-corrected chi connectivity index (χ0v) is 8.25. The minimum Gasteiger partial charge on any atom is -0.460 e. The van der Waals surface area contributed by atoms with Gasteiger partial charge >= 0.3 is 0 Å². The van der Waals surface area contributed by atoms with Crippen molar-refractivity contribution in [2.24, 2.45) is 0 Å². The topological polar surface area (TPSA) is 52.4 Å². The second-order valence-electron chi connectivity index (χ2n) is 2.25. The Labute approximate surface area is 85.8 Å². The van der Waals surface area contributed by atoms with E-state index in [4.69, 9.17) is 0 Å². The smallest absolute Gasteiger partial charge is 0.274 e. The number of hydrogen-bond donors (Lipinski definition) is 0. The van der Waals surface area contributed by atoms with E-state index < -0.39 is 23.4 Å². The van der Waals surface area contributed by atoms with Crippen LogP contribution in [0.5, 0.6) is 5.75 Å². The van der Waals surface area contributed by atoms with Crippen molar-refractivity contribution < 1.29 is 18.4 Å². The van der Waals surface area contributed by atoms with Crippen LogP contribution in [0.15, 0.2) is 16.6 Å². The van der Waals surface area contributed by atoms with Gasteiger partial charge in [0.25, 0.3) is 5.69 Å². The maximum absolute atomic E-state index is 13.1. The van der Waals surface area contributed by atoms with Gasteiger partial charge in [-0.3, -0.25) is 10.1 Å². The normalized spacial score (nSPS) is 9.93. The highest BCUT2D eigenvalue weighted by atomic mass is 79.9. The lowest BCUT2D eigenvalue weighted by molar-refractivity contribution is -0.385. The largest absolute Gasteiger partial charge is 0.460 e. The molecule has 0 atom stereocenters. The van der Waals surface area contributed by atoms with Crippen molar-refractivity contribution in [1.29, 1.82) is 0 Å². The fourth-order valence-electron chi connectivity index (χ4n) is 0.819. The first-order valence-electron chi connectivity index (χ1n) is 3.38. The number of nitro groups is 1. The van der Waals surface area contributed by atoms with Crippen LogP contribution in [0.4, 0.5) is 14.5 Å². The van der Waals surface area contributed by atoms with Gasteiger partial charge in [-0.1, -0.05) is 0 Å². The molecule has 0 heterocycles. The van der Waals surface area contributed by atoms with Crippen molar-refractivity contribution in [3.05, 3.63) is 32.5 Å². The summed E-state index contributed by atoms with van der Waals surface area (Å²) in [6.07, 6.45) is 0. The highest BCUT2D eigenvalue weighted by Crippen LogP contribution is 2.30. The minimum atomic E-state index is -1.25. The summed E-state index contributed by atoms with van der Waals surface area (Å²) in [6.45, 7) is -1.25. The lowest BCUT2D eigenvalue weighted by atomic mass is 10.3. The molecular weight excluding hydrogens is 264 g/mol. The summed E-state index contributed by atoms with van der Waals surface area (Å²) < 4.78 is 28.9. The third-order valence-electron chi connectivity index (χ3n) is 1.40. The van der Waals surface area contributed by atoms with E-state index in [0.717, 1.165) is 12.1 Å². The van der Waals surface area contributed by atoms with Crippen molar-refractivity contribution in [1.82, 2.24) is 0 Å². The fourth-order valence-corrected chi connectivity index (χ4v) is 1.25. The Morgan fingerprint density at radius 2 is 2.21 bits per heavy atom. The number of hydrogen-bond acceptors (Lipinski definition) is 3. The predicted molar refractivity (Wildman–Crippen MR) is 47.4 cm³/mol. The van der Waals surface area contributed by atoms with Gasteiger partial charge in [-0.05, 0) is 15.9 Å². The maximum Gasteiger partial charge on any atom is 0.274 e. The van der Waals surface area contributed by atoms with Gasteiger partial charge in [-0.15, -0.1) is 0 Å². The van der Waals surface area contributed by atoms with E-state index in [1.165, 1.54) is 0 Å². The summed E-state index contributed by atoms with van der Waals surface area (Å²) in [5.74, 6) is -1.36. The second kappa shape index (κ2) is 4.32. The Morgan fingerprint density at radius 1 is 1.57 bits per heavy atom. The summed E-state index contributed by atoms with van der Waals surface area (Å²) in [7, 11) is 0. The highest BCUT2D eigenvalue weighted by molar-refractivity contribution is 9.10. The van der Waals surface area contributed by atoms with Gasteiger partial charge in [0.15, 0.2) is 11.6 Å². The Bertz CT molecular complexity index is 372. The van der Waals surface area contributed by atoms with Crippen LogP contribution in [0, 0.1) is 15.9 Å². The SMILES string of the molecule is O=[N+]([O-])c1cc(Br)c(F)c(OCF)c1. The molecule has 76 valence electrons. The molecule has 0 radical (unpaired) electrons. The second-order valence-corrected chi connectivity index (χ2v) is 3.10. The molecule has 0 unspecified atom stereocenters. The van der Waals surface area contributed by atoms with Crippen LogP contribution in [-0.2, 0) is 0 Å². The third-order valence-corrected chi connectivity index (χ3v) is 1.98. The van der Waals surface area contributed by atoms with Crippen LogP contribution >= 0.6 is 15.9 Å². The zero-order valence-electron chi connectivity index (χ0n) is 6.67. The molecule has 0 amide bonds. The molecule has 0 N–H and O–H groups in total. The van der Waals surface area contributed by atoms with Crippen molar-refractivity contribution in [3.63, 3.8) is 0 Å². The number of alkyl halides is 1. The lowest BCUT2D eigenvalue weighted by Gasteiger charge is -2.03. The Balaban J connectivity index is 3.20. The van der Waals surface area contributed by atoms with Crippen molar-refractivity contribution in [2.75, 3.05) is 6.86 Å². The minimum absolute atomic E-state index is 0.143.